The second-order valence-electron chi connectivity index (χ2n) is 7.43. The van der Waals surface area contributed by atoms with Gasteiger partial charge in [0.2, 0.25) is 7.28 Å². The molecule has 0 saturated heterocycles. The Labute approximate surface area is 194 Å². The highest BCUT2D eigenvalue weighted by Crippen LogP contribution is 2.32. The van der Waals surface area contributed by atoms with Crippen molar-refractivity contribution in [3.05, 3.63) is 101 Å². The van der Waals surface area contributed by atoms with Gasteiger partial charge in [-0.3, -0.25) is 9.29 Å². The van der Waals surface area contributed by atoms with Gasteiger partial charge in [0.15, 0.2) is 0 Å². The number of hydrogen-bond acceptors (Lipinski definition) is 4. The number of hydrogen-bond donors (Lipinski definition) is 0. The quantitative estimate of drug-likeness (QED) is 0.373. The lowest BCUT2D eigenvalue weighted by Crippen LogP contribution is -2.36. The van der Waals surface area contributed by atoms with E-state index in [-0.39, 0.29) is 4.91 Å². The number of sulfonamides is 1. The summed E-state index contributed by atoms with van der Waals surface area (Å²) in [6.45, 7) is 6.14. The Morgan fingerprint density at radius 3 is 2.66 bits per heavy atom. The van der Waals surface area contributed by atoms with Gasteiger partial charge < -0.3 is 0 Å². The predicted octanol–water partition coefficient (Wildman–Crippen LogP) is 4.90. The monoisotopic (exact) mass is 459 g/mol. The topological polar surface area (TPSA) is 50.3 Å². The molecular formula is C25H24BN2O2S2. The van der Waals surface area contributed by atoms with Crippen LogP contribution in [0.2, 0.25) is 0 Å². The first kappa shape index (κ1) is 22.3. The molecule has 3 aromatic rings. The van der Waals surface area contributed by atoms with Gasteiger partial charge in [-0.15, -0.1) is 11.3 Å². The van der Waals surface area contributed by atoms with E-state index in [1.165, 1.54) is 21.7 Å². The van der Waals surface area contributed by atoms with E-state index in [2.05, 4.69) is 6.58 Å². The highest BCUT2D eigenvalue weighted by molar-refractivity contribution is 7.96. The molecule has 2 heterocycles. The molecule has 1 aliphatic rings. The third-order valence-electron chi connectivity index (χ3n) is 5.38. The molecule has 32 heavy (non-hydrogen) atoms. The van der Waals surface area contributed by atoms with Crippen LogP contribution in [0.4, 0.5) is 5.69 Å². The van der Waals surface area contributed by atoms with Gasteiger partial charge in [-0.2, -0.15) is 0 Å². The summed E-state index contributed by atoms with van der Waals surface area (Å²) >= 11 is 1.53. The number of para-hydroxylation sites is 1. The minimum Gasteiger partial charge on any atom is -0.266 e. The van der Waals surface area contributed by atoms with E-state index in [0.29, 0.717) is 6.54 Å². The predicted molar refractivity (Wildman–Crippen MR) is 136 cm³/mol. The number of rotatable bonds is 7. The summed E-state index contributed by atoms with van der Waals surface area (Å²) in [6.07, 6.45) is 6.65. The number of anilines is 1. The largest absolute Gasteiger partial charge is 0.266 e. The molecule has 2 aromatic carbocycles. The minimum atomic E-state index is -3.72. The zero-order chi connectivity index (χ0) is 22.6. The van der Waals surface area contributed by atoms with Crippen LogP contribution in [0.25, 0.3) is 11.3 Å². The number of fused-ring (bicyclic) bond motifs is 1. The zero-order valence-electron chi connectivity index (χ0n) is 17.9. The molecule has 0 unspecified atom stereocenters. The van der Waals surface area contributed by atoms with Crippen molar-refractivity contribution in [1.29, 1.82) is 0 Å². The van der Waals surface area contributed by atoms with Gasteiger partial charge in [-0.25, -0.2) is 8.42 Å². The lowest BCUT2D eigenvalue weighted by atomic mass is 9.70. The van der Waals surface area contributed by atoms with E-state index in [0.717, 1.165) is 45.7 Å². The Hall–Kier alpha value is -2.90. The van der Waals surface area contributed by atoms with Crippen LogP contribution in [-0.4, -0.2) is 27.2 Å². The Balaban J connectivity index is 1.60. The van der Waals surface area contributed by atoms with Crippen molar-refractivity contribution in [3.8, 4) is 11.3 Å². The fourth-order valence-electron chi connectivity index (χ4n) is 3.73. The molecule has 4 nitrogen and oxygen atoms in total. The smallest absolute Gasteiger partial charge is 0.264 e. The summed E-state index contributed by atoms with van der Waals surface area (Å²) in [5.74, 6) is 0. The molecule has 7 heteroatoms. The summed E-state index contributed by atoms with van der Waals surface area (Å²) in [6, 6.07) is 17.7. The van der Waals surface area contributed by atoms with Crippen LogP contribution >= 0.6 is 11.3 Å². The second kappa shape index (κ2) is 9.71. The Kier molecular flexibility index (Phi) is 6.77. The Bertz CT molecular complexity index is 1280. The highest BCUT2D eigenvalue weighted by Gasteiger charge is 2.29. The van der Waals surface area contributed by atoms with E-state index in [4.69, 9.17) is 4.98 Å². The summed E-state index contributed by atoms with van der Waals surface area (Å²) in [7, 11) is -1.82. The molecule has 0 fully saturated rings. The maximum absolute atomic E-state index is 13.5. The molecular weight excluding hydrogens is 435 g/mol. The third kappa shape index (κ3) is 4.64. The van der Waals surface area contributed by atoms with Gasteiger partial charge in [-0.1, -0.05) is 66.7 Å². The first-order valence-electron chi connectivity index (χ1n) is 10.5. The molecule has 0 bridgehead atoms. The number of aryl methyl sites for hydroxylation is 1. The maximum atomic E-state index is 13.5. The van der Waals surface area contributed by atoms with Crippen LogP contribution in [0.5, 0.6) is 0 Å². The number of benzene rings is 2. The zero-order valence-corrected chi connectivity index (χ0v) is 19.6. The molecule has 0 saturated carbocycles. The molecule has 4 rings (SSSR count). The standard InChI is InChI=1S/C25H24BN2O2S2/c1-3-21(26-25-27-23(18-31-25)19-11-6-5-7-12-19)17-22(4-2)32(29,30)28-16-10-14-20-13-8-9-15-24(20)28/h3-9,11-13,15,17-18H,2,10,14,16H2,1H3/b21-3+,22-17+. The number of aromatic nitrogens is 1. The fraction of sp³-hybridized carbons (Fsp3) is 0.160. The molecule has 1 radical (unpaired) electrons. The van der Waals surface area contributed by atoms with Crippen molar-refractivity contribution in [2.45, 2.75) is 19.8 Å². The van der Waals surface area contributed by atoms with Crippen molar-refractivity contribution in [1.82, 2.24) is 4.98 Å². The molecule has 0 spiro atoms. The van der Waals surface area contributed by atoms with Crippen molar-refractivity contribution in [3.63, 3.8) is 0 Å². The fourth-order valence-corrected chi connectivity index (χ4v) is 6.06. The molecule has 161 valence electrons. The average Bonchev–Trinajstić information content (AvgIpc) is 3.30. The molecule has 0 aliphatic carbocycles. The van der Waals surface area contributed by atoms with Crippen LogP contribution in [0.3, 0.4) is 0 Å². The number of nitrogens with zero attached hydrogens (tertiary/aromatic N) is 2. The van der Waals surface area contributed by atoms with Gasteiger partial charge in [-0.05, 0) is 43.5 Å². The van der Waals surface area contributed by atoms with E-state index in [9.17, 15) is 8.42 Å². The summed E-state index contributed by atoms with van der Waals surface area (Å²) in [5, 5.41) is 2.01. The van der Waals surface area contributed by atoms with Crippen LogP contribution in [0.1, 0.15) is 18.9 Å². The molecule has 0 N–H and O–H groups in total. The summed E-state index contributed by atoms with van der Waals surface area (Å²) in [4.78, 5) is 5.69. The van der Waals surface area contributed by atoms with E-state index in [1.807, 2.05) is 80.3 Å². The SMILES string of the molecule is C=C/C(=C\C([B]c1nc(-c2ccccc2)cs1)=C/C)S(=O)(=O)N1CCCc2ccccc21. The summed E-state index contributed by atoms with van der Waals surface area (Å²) in [5.41, 5.74) is 4.54. The van der Waals surface area contributed by atoms with Gasteiger partial charge in [0.25, 0.3) is 10.0 Å². The average molecular weight is 459 g/mol. The normalized spacial score (nSPS) is 14.7. The number of thiazole rings is 1. The molecule has 1 aliphatic heterocycles. The van der Waals surface area contributed by atoms with Crippen LogP contribution < -0.4 is 9.21 Å². The first-order chi connectivity index (χ1) is 15.5. The van der Waals surface area contributed by atoms with Gasteiger partial charge in [0.1, 0.15) is 0 Å². The lowest BCUT2D eigenvalue weighted by Gasteiger charge is -2.30. The van der Waals surface area contributed by atoms with Crippen molar-refractivity contribution in [2.75, 3.05) is 10.8 Å². The summed E-state index contributed by atoms with van der Waals surface area (Å²) < 4.78 is 28.5. The van der Waals surface area contributed by atoms with Crippen LogP contribution in [0.15, 0.2) is 95.2 Å². The van der Waals surface area contributed by atoms with Gasteiger partial charge in [0, 0.05) is 17.5 Å². The first-order valence-corrected chi connectivity index (χ1v) is 12.8. The van der Waals surface area contributed by atoms with Gasteiger partial charge in [0.05, 0.1) is 21.2 Å². The molecule has 1 aromatic heterocycles. The lowest BCUT2D eigenvalue weighted by molar-refractivity contribution is 0.593. The molecule has 0 atom stereocenters. The highest BCUT2D eigenvalue weighted by atomic mass is 32.2. The molecule has 0 amide bonds. The maximum Gasteiger partial charge on any atom is 0.264 e. The third-order valence-corrected chi connectivity index (χ3v) is 8.01. The van der Waals surface area contributed by atoms with E-state index in [1.54, 1.807) is 6.08 Å². The minimum absolute atomic E-state index is 0.179. The Morgan fingerprint density at radius 1 is 1.16 bits per heavy atom. The van der Waals surface area contributed by atoms with Crippen molar-refractivity contribution < 1.29 is 8.42 Å². The van der Waals surface area contributed by atoms with Crippen LogP contribution in [-0.2, 0) is 16.4 Å². The van der Waals surface area contributed by atoms with E-state index >= 15 is 0 Å². The van der Waals surface area contributed by atoms with Crippen molar-refractivity contribution in [2.24, 2.45) is 0 Å². The second-order valence-corrected chi connectivity index (χ2v) is 10.2. The van der Waals surface area contributed by atoms with Crippen LogP contribution in [0, 0.1) is 0 Å². The van der Waals surface area contributed by atoms with E-state index < -0.39 is 10.0 Å². The van der Waals surface area contributed by atoms with Crippen molar-refractivity contribution >= 4 is 39.2 Å². The number of allylic oxidation sites excluding steroid dienone is 4. The van der Waals surface area contributed by atoms with Gasteiger partial charge >= 0.3 is 0 Å². The Morgan fingerprint density at radius 2 is 1.91 bits per heavy atom.